The number of carbonyl (C=O) groups excluding carboxylic acids is 1. The number of ether oxygens (including phenoxy) is 2. The fourth-order valence-electron chi connectivity index (χ4n) is 4.54. The number of benzene rings is 1. The lowest BCUT2D eigenvalue weighted by Crippen LogP contribution is -2.50. The molecule has 0 aliphatic carbocycles. The maximum Gasteiger partial charge on any atom is 0.321 e. The van der Waals surface area contributed by atoms with Crippen LogP contribution in [0.5, 0.6) is 11.5 Å². The van der Waals surface area contributed by atoms with Gasteiger partial charge in [-0.1, -0.05) is 0 Å². The normalized spacial score (nSPS) is 20.8. The second kappa shape index (κ2) is 9.10. The van der Waals surface area contributed by atoms with Crippen molar-refractivity contribution in [1.82, 2.24) is 15.1 Å². The van der Waals surface area contributed by atoms with Crippen molar-refractivity contribution in [3.8, 4) is 11.5 Å². The minimum atomic E-state index is -0.109. The summed E-state index contributed by atoms with van der Waals surface area (Å²) < 4.78 is 11.1. The van der Waals surface area contributed by atoms with Crippen LogP contribution in [0.3, 0.4) is 0 Å². The standard InChI is InChI=1S/C23H30N6O3/c1-17-4-2-3-9-29(17)22-8-7-21(25-26-22)27-10-12-28(13-11-27)23(30)24-18-5-6-19-20(16-18)32-15-14-31-19/h5-8,16-17H,2-4,9-15H2,1H3,(H,24,30). The molecule has 0 saturated carbocycles. The molecular weight excluding hydrogens is 408 g/mol. The Labute approximate surface area is 188 Å². The van der Waals surface area contributed by atoms with Gasteiger partial charge in [0, 0.05) is 50.5 Å². The number of rotatable bonds is 3. The van der Waals surface area contributed by atoms with Crippen molar-refractivity contribution >= 4 is 23.4 Å². The van der Waals surface area contributed by atoms with Crippen molar-refractivity contribution in [1.29, 1.82) is 0 Å². The van der Waals surface area contributed by atoms with Gasteiger partial charge in [-0.15, -0.1) is 10.2 Å². The van der Waals surface area contributed by atoms with Gasteiger partial charge in [0.2, 0.25) is 0 Å². The van der Waals surface area contributed by atoms with Crippen LogP contribution >= 0.6 is 0 Å². The minimum absolute atomic E-state index is 0.109. The summed E-state index contributed by atoms with van der Waals surface area (Å²) in [6.07, 6.45) is 3.71. The van der Waals surface area contributed by atoms with E-state index >= 15 is 0 Å². The predicted octanol–water partition coefficient (Wildman–Crippen LogP) is 2.98. The second-order valence-electron chi connectivity index (χ2n) is 8.55. The van der Waals surface area contributed by atoms with Crippen LogP contribution in [0.15, 0.2) is 30.3 Å². The first-order chi connectivity index (χ1) is 15.7. The molecule has 0 bridgehead atoms. The first-order valence-corrected chi connectivity index (χ1v) is 11.5. The fraction of sp³-hybridized carbons (Fsp3) is 0.522. The highest BCUT2D eigenvalue weighted by molar-refractivity contribution is 5.90. The van der Waals surface area contributed by atoms with E-state index in [1.165, 1.54) is 19.3 Å². The largest absolute Gasteiger partial charge is 0.486 e. The van der Waals surface area contributed by atoms with Crippen LogP contribution in [0.25, 0.3) is 0 Å². The number of aromatic nitrogens is 2. The van der Waals surface area contributed by atoms with Crippen LogP contribution in [0.1, 0.15) is 26.2 Å². The van der Waals surface area contributed by atoms with E-state index in [2.05, 4.69) is 44.4 Å². The number of nitrogens with one attached hydrogen (secondary N) is 1. The Hall–Kier alpha value is -3.23. The number of hydrogen-bond donors (Lipinski definition) is 1. The van der Waals surface area contributed by atoms with E-state index in [0.29, 0.717) is 49.5 Å². The molecule has 4 heterocycles. The molecule has 2 aromatic rings. The Kier molecular flexibility index (Phi) is 5.87. The molecule has 0 spiro atoms. The van der Waals surface area contributed by atoms with Crippen molar-refractivity contribution in [2.75, 3.05) is 61.1 Å². The number of nitrogens with zero attached hydrogens (tertiary/aromatic N) is 5. The molecule has 3 aliphatic heterocycles. The van der Waals surface area contributed by atoms with Gasteiger partial charge >= 0.3 is 6.03 Å². The van der Waals surface area contributed by atoms with Crippen molar-refractivity contribution in [2.45, 2.75) is 32.2 Å². The van der Waals surface area contributed by atoms with E-state index in [4.69, 9.17) is 9.47 Å². The molecule has 2 amide bonds. The molecule has 5 rings (SSSR count). The van der Waals surface area contributed by atoms with Crippen LogP contribution in [0.2, 0.25) is 0 Å². The lowest BCUT2D eigenvalue weighted by Gasteiger charge is -2.36. The van der Waals surface area contributed by atoms with Gasteiger partial charge < -0.3 is 29.5 Å². The second-order valence-corrected chi connectivity index (χ2v) is 8.55. The van der Waals surface area contributed by atoms with Crippen molar-refractivity contribution < 1.29 is 14.3 Å². The van der Waals surface area contributed by atoms with E-state index < -0.39 is 0 Å². The molecule has 1 atom stereocenters. The average molecular weight is 439 g/mol. The number of piperidine rings is 1. The zero-order valence-corrected chi connectivity index (χ0v) is 18.5. The van der Waals surface area contributed by atoms with Crippen molar-refractivity contribution in [2.24, 2.45) is 0 Å². The number of anilines is 3. The van der Waals surface area contributed by atoms with Crippen molar-refractivity contribution in [3.05, 3.63) is 30.3 Å². The molecule has 1 unspecified atom stereocenters. The summed E-state index contributed by atoms with van der Waals surface area (Å²) in [7, 11) is 0. The molecule has 1 aromatic heterocycles. The van der Waals surface area contributed by atoms with Crippen LogP contribution in [-0.4, -0.2) is 73.1 Å². The van der Waals surface area contributed by atoms with Gasteiger partial charge in [-0.2, -0.15) is 0 Å². The molecule has 2 saturated heterocycles. The molecule has 1 aromatic carbocycles. The van der Waals surface area contributed by atoms with E-state index in [1.807, 2.05) is 23.1 Å². The Balaban J connectivity index is 1.15. The number of urea groups is 1. The number of carbonyl (C=O) groups is 1. The minimum Gasteiger partial charge on any atom is -0.486 e. The van der Waals surface area contributed by atoms with Gasteiger partial charge in [0.1, 0.15) is 13.2 Å². The van der Waals surface area contributed by atoms with Gasteiger partial charge in [-0.25, -0.2) is 4.79 Å². The van der Waals surface area contributed by atoms with Crippen LogP contribution in [0.4, 0.5) is 22.1 Å². The van der Waals surface area contributed by atoms with Gasteiger partial charge in [-0.05, 0) is 50.5 Å². The third-order valence-corrected chi connectivity index (χ3v) is 6.42. The third-order valence-electron chi connectivity index (χ3n) is 6.42. The van der Waals surface area contributed by atoms with Crippen molar-refractivity contribution in [3.63, 3.8) is 0 Å². The lowest BCUT2D eigenvalue weighted by molar-refractivity contribution is 0.171. The van der Waals surface area contributed by atoms with Gasteiger partial charge in [0.15, 0.2) is 23.1 Å². The Morgan fingerprint density at radius 3 is 2.44 bits per heavy atom. The molecule has 9 heteroatoms. The zero-order valence-electron chi connectivity index (χ0n) is 18.5. The monoisotopic (exact) mass is 438 g/mol. The molecule has 2 fully saturated rings. The maximum atomic E-state index is 12.7. The predicted molar refractivity (Wildman–Crippen MR) is 123 cm³/mol. The Morgan fingerprint density at radius 2 is 1.69 bits per heavy atom. The quantitative estimate of drug-likeness (QED) is 0.789. The molecule has 3 aliphatic rings. The molecular formula is C23H30N6O3. The highest BCUT2D eigenvalue weighted by atomic mass is 16.6. The van der Waals surface area contributed by atoms with Crippen LogP contribution in [-0.2, 0) is 0 Å². The maximum absolute atomic E-state index is 12.7. The summed E-state index contributed by atoms with van der Waals surface area (Å²) in [4.78, 5) is 19.1. The molecule has 9 nitrogen and oxygen atoms in total. The molecule has 170 valence electrons. The summed E-state index contributed by atoms with van der Waals surface area (Å²) in [5, 5.41) is 11.9. The third kappa shape index (κ3) is 4.37. The number of piperazine rings is 1. The molecule has 0 radical (unpaired) electrons. The fourth-order valence-corrected chi connectivity index (χ4v) is 4.54. The Morgan fingerprint density at radius 1 is 0.938 bits per heavy atom. The summed E-state index contributed by atoms with van der Waals surface area (Å²) in [5.74, 6) is 3.20. The lowest BCUT2D eigenvalue weighted by atomic mass is 10.0. The van der Waals surface area contributed by atoms with E-state index in [-0.39, 0.29) is 6.03 Å². The topological polar surface area (TPSA) is 83.1 Å². The zero-order chi connectivity index (χ0) is 21.9. The van der Waals surface area contributed by atoms with Gasteiger partial charge in [0.05, 0.1) is 0 Å². The smallest absolute Gasteiger partial charge is 0.321 e. The number of fused-ring (bicyclic) bond motifs is 1. The molecule has 32 heavy (non-hydrogen) atoms. The summed E-state index contributed by atoms with van der Waals surface area (Å²) in [5.41, 5.74) is 0.704. The highest BCUT2D eigenvalue weighted by Crippen LogP contribution is 2.32. The first kappa shape index (κ1) is 20.7. The SMILES string of the molecule is CC1CCCCN1c1ccc(N2CCN(C(=O)Nc3ccc4c(c3)OCCO4)CC2)nn1. The molecule has 1 N–H and O–H groups in total. The average Bonchev–Trinajstić information content (AvgIpc) is 2.84. The van der Waals surface area contributed by atoms with E-state index in [9.17, 15) is 4.79 Å². The van der Waals surface area contributed by atoms with E-state index in [1.54, 1.807) is 0 Å². The number of hydrogen-bond acceptors (Lipinski definition) is 7. The summed E-state index contributed by atoms with van der Waals surface area (Å²) in [6.45, 7) is 7.08. The summed E-state index contributed by atoms with van der Waals surface area (Å²) >= 11 is 0. The van der Waals surface area contributed by atoms with Gasteiger partial charge in [-0.3, -0.25) is 0 Å². The summed E-state index contributed by atoms with van der Waals surface area (Å²) in [6, 6.07) is 10.0. The first-order valence-electron chi connectivity index (χ1n) is 11.5. The van der Waals surface area contributed by atoms with E-state index in [0.717, 1.165) is 31.3 Å². The van der Waals surface area contributed by atoms with Crippen LogP contribution in [0, 0.1) is 0 Å². The van der Waals surface area contributed by atoms with Crippen LogP contribution < -0.4 is 24.6 Å². The van der Waals surface area contributed by atoms with Gasteiger partial charge in [0.25, 0.3) is 0 Å². The number of amides is 2. The highest BCUT2D eigenvalue weighted by Gasteiger charge is 2.24. The Bertz CT molecular complexity index is 945.